The Balaban J connectivity index is 2.07. The van der Waals surface area contributed by atoms with E-state index in [4.69, 9.17) is 9.15 Å². The number of methoxy groups -OCH3 is 1. The average Bonchev–Trinajstić information content (AvgIpc) is 2.93. The topological polar surface area (TPSA) is 34.4 Å². The van der Waals surface area contributed by atoms with Gasteiger partial charge in [0, 0.05) is 16.7 Å². The molecule has 0 aliphatic rings. The molecule has 4 heteroatoms. The van der Waals surface area contributed by atoms with Gasteiger partial charge in [0.2, 0.25) is 0 Å². The number of thioether (sulfide) groups is 1. The highest BCUT2D eigenvalue weighted by Gasteiger charge is 2.13. The molecule has 0 bridgehead atoms. The van der Waals surface area contributed by atoms with E-state index in [2.05, 4.69) is 24.4 Å². The molecule has 1 aromatic carbocycles. The third-order valence-electron chi connectivity index (χ3n) is 3.35. The minimum Gasteiger partial charge on any atom is -0.497 e. The molecule has 1 atom stereocenters. The van der Waals surface area contributed by atoms with E-state index in [0.29, 0.717) is 6.04 Å². The van der Waals surface area contributed by atoms with Crippen molar-refractivity contribution in [1.82, 2.24) is 5.32 Å². The Morgan fingerprint density at radius 2 is 2.19 bits per heavy atom. The monoisotopic (exact) mass is 305 g/mol. The molecule has 2 rings (SSSR count). The van der Waals surface area contributed by atoms with Gasteiger partial charge in [-0.15, -0.1) is 11.8 Å². The van der Waals surface area contributed by atoms with Gasteiger partial charge in [0.25, 0.3) is 0 Å². The molecule has 1 N–H and O–H groups in total. The third-order valence-corrected chi connectivity index (χ3v) is 4.59. The molecule has 0 amide bonds. The predicted octanol–water partition coefficient (Wildman–Crippen LogP) is 4.43. The summed E-state index contributed by atoms with van der Waals surface area (Å²) in [5.41, 5.74) is 1.26. The molecule has 0 saturated carbocycles. The molecule has 0 fully saturated rings. The Morgan fingerprint density at radius 1 is 1.33 bits per heavy atom. The second-order valence-electron chi connectivity index (χ2n) is 4.94. The van der Waals surface area contributed by atoms with Crippen LogP contribution in [0.15, 0.2) is 45.9 Å². The molecule has 1 heterocycles. The Hall–Kier alpha value is -1.39. The third kappa shape index (κ3) is 4.55. The van der Waals surface area contributed by atoms with Crippen LogP contribution in [-0.2, 0) is 0 Å². The van der Waals surface area contributed by atoms with Gasteiger partial charge in [0.1, 0.15) is 11.5 Å². The first-order chi connectivity index (χ1) is 10.2. The molecule has 21 heavy (non-hydrogen) atoms. The van der Waals surface area contributed by atoms with Crippen LogP contribution in [0.2, 0.25) is 0 Å². The Bertz CT molecular complexity index is 553. The van der Waals surface area contributed by atoms with Crippen LogP contribution >= 0.6 is 11.8 Å². The van der Waals surface area contributed by atoms with Gasteiger partial charge in [-0.1, -0.05) is 19.1 Å². The summed E-state index contributed by atoms with van der Waals surface area (Å²) in [7, 11) is 1.71. The largest absolute Gasteiger partial charge is 0.497 e. The van der Waals surface area contributed by atoms with Crippen LogP contribution in [-0.4, -0.2) is 19.4 Å². The van der Waals surface area contributed by atoms with Crippen LogP contribution < -0.4 is 10.1 Å². The fourth-order valence-corrected chi connectivity index (χ4v) is 3.21. The smallest absolute Gasteiger partial charge is 0.119 e. The van der Waals surface area contributed by atoms with Gasteiger partial charge in [0.05, 0.1) is 13.4 Å². The van der Waals surface area contributed by atoms with E-state index in [9.17, 15) is 0 Å². The Labute approximate surface area is 131 Å². The van der Waals surface area contributed by atoms with E-state index >= 15 is 0 Å². The van der Waals surface area contributed by atoms with Crippen LogP contribution in [0.25, 0.3) is 0 Å². The maximum atomic E-state index is 5.36. The summed E-state index contributed by atoms with van der Waals surface area (Å²) in [4.78, 5) is 1.21. The van der Waals surface area contributed by atoms with Crippen molar-refractivity contribution >= 4 is 11.8 Å². The number of benzene rings is 1. The lowest BCUT2D eigenvalue weighted by Crippen LogP contribution is -2.24. The van der Waals surface area contributed by atoms with Gasteiger partial charge in [0.15, 0.2) is 0 Å². The van der Waals surface area contributed by atoms with Crippen molar-refractivity contribution in [2.75, 3.05) is 19.4 Å². The van der Waals surface area contributed by atoms with E-state index in [1.54, 1.807) is 13.4 Å². The zero-order chi connectivity index (χ0) is 15.1. The van der Waals surface area contributed by atoms with Crippen molar-refractivity contribution in [3.05, 3.63) is 47.9 Å². The summed E-state index contributed by atoms with van der Waals surface area (Å²) in [5, 5.41) is 3.61. The highest BCUT2D eigenvalue weighted by molar-refractivity contribution is 7.99. The van der Waals surface area contributed by atoms with Crippen molar-refractivity contribution in [2.45, 2.75) is 31.2 Å². The van der Waals surface area contributed by atoms with Crippen LogP contribution in [0.4, 0.5) is 0 Å². The molecule has 0 aliphatic heterocycles. The average molecular weight is 305 g/mol. The fraction of sp³-hybridized carbons (Fsp3) is 0.412. The summed E-state index contributed by atoms with van der Waals surface area (Å²) in [6, 6.07) is 10.6. The van der Waals surface area contributed by atoms with Gasteiger partial charge < -0.3 is 14.5 Å². The molecule has 0 radical (unpaired) electrons. The quantitative estimate of drug-likeness (QED) is 0.732. The van der Waals surface area contributed by atoms with Gasteiger partial charge in [-0.3, -0.25) is 0 Å². The van der Waals surface area contributed by atoms with Crippen molar-refractivity contribution < 1.29 is 9.15 Å². The molecule has 3 nitrogen and oxygen atoms in total. The van der Waals surface area contributed by atoms with E-state index in [-0.39, 0.29) is 0 Å². The maximum Gasteiger partial charge on any atom is 0.119 e. The number of nitrogens with one attached hydrogen (secondary N) is 1. The summed E-state index contributed by atoms with van der Waals surface area (Å²) in [6.07, 6.45) is 2.87. The second-order valence-corrected chi connectivity index (χ2v) is 6.00. The minimum absolute atomic E-state index is 0.305. The summed E-state index contributed by atoms with van der Waals surface area (Å²) >= 11 is 1.82. The summed E-state index contributed by atoms with van der Waals surface area (Å²) < 4.78 is 10.7. The first-order valence-electron chi connectivity index (χ1n) is 7.28. The normalized spacial score (nSPS) is 12.3. The van der Waals surface area contributed by atoms with E-state index in [1.807, 2.05) is 36.9 Å². The molecule has 1 unspecified atom stereocenters. The highest BCUT2D eigenvalue weighted by atomic mass is 32.2. The lowest BCUT2D eigenvalue weighted by Gasteiger charge is -2.19. The van der Waals surface area contributed by atoms with Gasteiger partial charge in [-0.25, -0.2) is 0 Å². The number of ether oxygens (including phenoxy) is 1. The molecule has 0 spiro atoms. The summed E-state index contributed by atoms with van der Waals surface area (Å²) in [6.45, 7) is 5.19. The van der Waals surface area contributed by atoms with E-state index in [0.717, 1.165) is 30.2 Å². The lowest BCUT2D eigenvalue weighted by molar-refractivity contribution is 0.413. The minimum atomic E-state index is 0.305. The highest BCUT2D eigenvalue weighted by Crippen LogP contribution is 2.29. The van der Waals surface area contributed by atoms with Crippen molar-refractivity contribution in [1.29, 1.82) is 0 Å². The first-order valence-corrected chi connectivity index (χ1v) is 8.27. The summed E-state index contributed by atoms with van der Waals surface area (Å²) in [5.74, 6) is 2.85. The van der Waals surface area contributed by atoms with Crippen LogP contribution in [0, 0.1) is 6.92 Å². The second kappa shape index (κ2) is 8.15. The molecule has 0 aliphatic carbocycles. The zero-order valence-corrected chi connectivity index (χ0v) is 13.7. The molecule has 114 valence electrons. The van der Waals surface area contributed by atoms with Crippen LogP contribution in [0.1, 0.15) is 30.7 Å². The zero-order valence-electron chi connectivity index (χ0n) is 12.9. The van der Waals surface area contributed by atoms with Crippen molar-refractivity contribution in [2.24, 2.45) is 0 Å². The van der Waals surface area contributed by atoms with Crippen LogP contribution in [0.3, 0.4) is 0 Å². The van der Waals surface area contributed by atoms with Gasteiger partial charge in [-0.05, 0) is 43.7 Å². The van der Waals surface area contributed by atoms with Crippen LogP contribution in [0.5, 0.6) is 5.75 Å². The first kappa shape index (κ1) is 16.0. The molecular formula is C17H23NO2S. The SMILES string of the molecule is CCCNC(CSc1ccoc1C)c1cccc(OC)c1. The van der Waals surface area contributed by atoms with E-state index in [1.165, 1.54) is 10.5 Å². The lowest BCUT2D eigenvalue weighted by atomic mass is 10.1. The molecule has 2 aromatic rings. The number of furan rings is 1. The van der Waals surface area contributed by atoms with E-state index < -0.39 is 0 Å². The Morgan fingerprint density at radius 3 is 2.86 bits per heavy atom. The van der Waals surface area contributed by atoms with Gasteiger partial charge >= 0.3 is 0 Å². The number of hydrogen-bond acceptors (Lipinski definition) is 4. The molecule has 0 saturated heterocycles. The predicted molar refractivity (Wildman–Crippen MR) is 88.2 cm³/mol. The number of aryl methyl sites for hydroxylation is 1. The van der Waals surface area contributed by atoms with Crippen molar-refractivity contribution in [3.63, 3.8) is 0 Å². The number of hydrogen-bond donors (Lipinski definition) is 1. The van der Waals surface area contributed by atoms with Crippen molar-refractivity contribution in [3.8, 4) is 5.75 Å². The van der Waals surface area contributed by atoms with Gasteiger partial charge in [-0.2, -0.15) is 0 Å². The molecular weight excluding hydrogens is 282 g/mol. The standard InChI is InChI=1S/C17H23NO2S/c1-4-9-18-16(12-21-17-8-10-20-13(17)2)14-6-5-7-15(11-14)19-3/h5-8,10-11,16,18H,4,9,12H2,1-3H3. The number of rotatable bonds is 8. The Kier molecular flexibility index (Phi) is 6.21. The fourth-order valence-electron chi connectivity index (χ4n) is 2.15. The molecule has 1 aromatic heterocycles. The maximum absolute atomic E-state index is 5.36.